The third-order valence-electron chi connectivity index (χ3n) is 2.16. The molecule has 2 amide bonds. The zero-order chi connectivity index (χ0) is 15.3. The topological polar surface area (TPSA) is 116 Å². The van der Waals surface area contributed by atoms with Gasteiger partial charge in [0.1, 0.15) is 6.04 Å². The Hall–Kier alpha value is -1.80. The van der Waals surface area contributed by atoms with Crippen LogP contribution >= 0.6 is 27.5 Å². The van der Waals surface area contributed by atoms with Crippen molar-refractivity contribution in [3.8, 4) is 0 Å². The lowest BCUT2D eigenvalue weighted by Crippen LogP contribution is -2.44. The molecule has 1 rings (SSSR count). The molecule has 0 radical (unpaired) electrons. The quantitative estimate of drug-likeness (QED) is 0.638. The average Bonchev–Trinajstić information content (AvgIpc) is 2.32. The van der Waals surface area contributed by atoms with Gasteiger partial charge in [-0.2, -0.15) is 0 Å². The maximum Gasteiger partial charge on any atom is 0.326 e. The first kappa shape index (κ1) is 16.3. The monoisotopic (exact) mass is 364 g/mol. The van der Waals surface area contributed by atoms with E-state index in [9.17, 15) is 14.4 Å². The number of carboxylic acid groups (broad SMARTS) is 2. The van der Waals surface area contributed by atoms with Crippen LogP contribution in [-0.2, 0) is 9.59 Å². The van der Waals surface area contributed by atoms with Gasteiger partial charge in [-0.3, -0.25) is 4.79 Å². The second-order valence-electron chi connectivity index (χ2n) is 3.71. The summed E-state index contributed by atoms with van der Waals surface area (Å²) in [6.07, 6.45) is -0.723. The largest absolute Gasteiger partial charge is 0.481 e. The molecule has 0 aliphatic rings. The summed E-state index contributed by atoms with van der Waals surface area (Å²) in [5, 5.41) is 22.2. The molecular formula is C11H10BrClN2O5. The van der Waals surface area contributed by atoms with Crippen molar-refractivity contribution in [1.29, 1.82) is 0 Å². The van der Waals surface area contributed by atoms with Gasteiger partial charge in [0.25, 0.3) is 0 Å². The minimum absolute atomic E-state index is 0.328. The Morgan fingerprint density at radius 2 is 1.95 bits per heavy atom. The zero-order valence-electron chi connectivity index (χ0n) is 9.89. The van der Waals surface area contributed by atoms with Gasteiger partial charge >= 0.3 is 18.0 Å². The molecule has 1 atom stereocenters. The molecule has 1 aromatic rings. The van der Waals surface area contributed by atoms with Crippen LogP contribution in [0.1, 0.15) is 6.42 Å². The number of halogens is 2. The Morgan fingerprint density at radius 1 is 1.30 bits per heavy atom. The summed E-state index contributed by atoms with van der Waals surface area (Å²) >= 11 is 8.94. The van der Waals surface area contributed by atoms with Crippen molar-refractivity contribution in [3.05, 3.63) is 27.7 Å². The van der Waals surface area contributed by atoms with Crippen molar-refractivity contribution < 1.29 is 24.6 Å². The molecule has 4 N–H and O–H groups in total. The molecule has 7 nitrogen and oxygen atoms in total. The highest BCUT2D eigenvalue weighted by Crippen LogP contribution is 2.25. The highest BCUT2D eigenvalue weighted by atomic mass is 79.9. The molecule has 20 heavy (non-hydrogen) atoms. The number of hydrogen-bond donors (Lipinski definition) is 4. The Labute approximate surface area is 127 Å². The van der Waals surface area contributed by atoms with E-state index in [1.807, 2.05) is 5.32 Å². The van der Waals surface area contributed by atoms with Crippen molar-refractivity contribution in [2.45, 2.75) is 12.5 Å². The number of amides is 2. The van der Waals surface area contributed by atoms with Crippen LogP contribution in [-0.4, -0.2) is 34.2 Å². The average molecular weight is 366 g/mol. The molecule has 0 aliphatic heterocycles. The number of rotatable bonds is 5. The van der Waals surface area contributed by atoms with Crippen molar-refractivity contribution in [2.75, 3.05) is 5.32 Å². The molecule has 0 saturated heterocycles. The normalized spacial score (nSPS) is 11.5. The lowest BCUT2D eigenvalue weighted by atomic mass is 10.2. The lowest BCUT2D eigenvalue weighted by Gasteiger charge is -2.14. The molecule has 0 bridgehead atoms. The second kappa shape index (κ2) is 7.11. The Bertz CT molecular complexity index is 552. The van der Waals surface area contributed by atoms with Gasteiger partial charge in [-0.05, 0) is 34.1 Å². The molecule has 108 valence electrons. The highest BCUT2D eigenvalue weighted by molar-refractivity contribution is 9.10. The number of carbonyl (C=O) groups is 3. The number of hydrogen-bond acceptors (Lipinski definition) is 3. The molecule has 9 heteroatoms. The molecule has 0 aliphatic carbocycles. The standard InChI is InChI=1S/C11H10BrClN2O5/c12-6-2-1-5(13)3-7(6)14-11(20)15-8(10(18)19)4-9(16)17/h1-3,8H,4H2,(H,16,17)(H,18,19)(H2,14,15,20)/t8-/m1/s1. The third-order valence-corrected chi connectivity index (χ3v) is 3.09. The van der Waals surface area contributed by atoms with E-state index in [-0.39, 0.29) is 0 Å². The van der Waals surface area contributed by atoms with Crippen LogP contribution in [0.2, 0.25) is 5.02 Å². The first-order chi connectivity index (χ1) is 9.29. The predicted molar refractivity (Wildman–Crippen MR) is 75.0 cm³/mol. The van der Waals surface area contributed by atoms with E-state index in [2.05, 4.69) is 21.2 Å². The van der Waals surface area contributed by atoms with Crippen molar-refractivity contribution in [2.24, 2.45) is 0 Å². The first-order valence-corrected chi connectivity index (χ1v) is 6.44. The fourth-order valence-corrected chi connectivity index (χ4v) is 1.80. The summed E-state index contributed by atoms with van der Waals surface area (Å²) in [6.45, 7) is 0. The van der Waals surface area contributed by atoms with E-state index in [0.29, 0.717) is 15.2 Å². The third kappa shape index (κ3) is 5.06. The number of urea groups is 1. The Balaban J connectivity index is 2.72. The van der Waals surface area contributed by atoms with Gasteiger partial charge in [0, 0.05) is 9.50 Å². The molecule has 0 unspecified atom stereocenters. The first-order valence-electron chi connectivity index (χ1n) is 5.26. The van der Waals surface area contributed by atoms with Gasteiger partial charge in [0.2, 0.25) is 0 Å². The molecule has 0 heterocycles. The van der Waals surface area contributed by atoms with Gasteiger partial charge in [-0.25, -0.2) is 9.59 Å². The van der Waals surface area contributed by atoms with E-state index in [0.717, 1.165) is 0 Å². The fraction of sp³-hybridized carbons (Fsp3) is 0.182. The minimum atomic E-state index is -1.52. The van der Waals surface area contributed by atoms with E-state index in [1.165, 1.54) is 6.07 Å². The molecule has 0 spiro atoms. The summed E-state index contributed by atoms with van der Waals surface area (Å²) in [5.74, 6) is -2.77. The SMILES string of the molecule is O=C(O)C[C@@H](NC(=O)Nc1cc(Cl)ccc1Br)C(=O)O. The number of carboxylic acids is 2. The number of anilines is 1. The molecule has 1 aromatic carbocycles. The van der Waals surface area contributed by atoms with Crippen LogP contribution in [0.3, 0.4) is 0 Å². The summed E-state index contributed by atoms with van der Waals surface area (Å²) < 4.78 is 0.544. The van der Waals surface area contributed by atoms with Crippen molar-refractivity contribution in [3.63, 3.8) is 0 Å². The maximum atomic E-state index is 11.6. The molecule has 0 saturated carbocycles. The Kier molecular flexibility index (Phi) is 5.78. The minimum Gasteiger partial charge on any atom is -0.481 e. The number of benzene rings is 1. The molecular weight excluding hydrogens is 355 g/mol. The van der Waals surface area contributed by atoms with Crippen LogP contribution < -0.4 is 10.6 Å². The van der Waals surface area contributed by atoms with E-state index < -0.39 is 30.4 Å². The summed E-state index contributed by atoms with van der Waals surface area (Å²) in [5.41, 5.74) is 0.328. The van der Waals surface area contributed by atoms with Crippen LogP contribution in [0.15, 0.2) is 22.7 Å². The van der Waals surface area contributed by atoms with Gasteiger partial charge < -0.3 is 20.8 Å². The smallest absolute Gasteiger partial charge is 0.326 e. The van der Waals surface area contributed by atoms with Crippen LogP contribution in [0.25, 0.3) is 0 Å². The van der Waals surface area contributed by atoms with Crippen LogP contribution in [0.5, 0.6) is 0 Å². The number of aliphatic carboxylic acids is 2. The van der Waals surface area contributed by atoms with E-state index >= 15 is 0 Å². The van der Waals surface area contributed by atoms with Gasteiger partial charge in [0.15, 0.2) is 0 Å². The highest BCUT2D eigenvalue weighted by Gasteiger charge is 2.23. The number of nitrogens with one attached hydrogen (secondary N) is 2. The van der Waals surface area contributed by atoms with Crippen molar-refractivity contribution >= 4 is 51.2 Å². The van der Waals surface area contributed by atoms with E-state index in [1.54, 1.807) is 12.1 Å². The maximum absolute atomic E-state index is 11.6. The molecule has 0 fully saturated rings. The zero-order valence-corrected chi connectivity index (χ0v) is 12.2. The summed E-state index contributed by atoms with van der Waals surface area (Å²) in [4.78, 5) is 32.9. The molecule has 0 aromatic heterocycles. The lowest BCUT2D eigenvalue weighted by molar-refractivity contribution is -0.145. The van der Waals surface area contributed by atoms with Gasteiger partial charge in [0.05, 0.1) is 12.1 Å². The number of carbonyl (C=O) groups excluding carboxylic acids is 1. The van der Waals surface area contributed by atoms with Crippen LogP contribution in [0, 0.1) is 0 Å². The fourth-order valence-electron chi connectivity index (χ4n) is 1.28. The summed E-state index contributed by atoms with van der Waals surface area (Å²) in [7, 11) is 0. The second-order valence-corrected chi connectivity index (χ2v) is 5.00. The summed E-state index contributed by atoms with van der Waals surface area (Å²) in [6, 6.07) is 2.29. The van der Waals surface area contributed by atoms with E-state index in [4.69, 9.17) is 21.8 Å². The van der Waals surface area contributed by atoms with Gasteiger partial charge in [-0.15, -0.1) is 0 Å². The van der Waals surface area contributed by atoms with Crippen molar-refractivity contribution in [1.82, 2.24) is 5.32 Å². The van der Waals surface area contributed by atoms with Gasteiger partial charge in [-0.1, -0.05) is 11.6 Å². The van der Waals surface area contributed by atoms with Crippen LogP contribution in [0.4, 0.5) is 10.5 Å². The Morgan fingerprint density at radius 3 is 2.50 bits per heavy atom. The predicted octanol–water partition coefficient (Wildman–Crippen LogP) is 2.15.